The molecule has 1 aliphatic heterocycles. The summed E-state index contributed by atoms with van der Waals surface area (Å²) in [6, 6.07) is 10.3. The molecule has 144 valence electrons. The fraction of sp³-hybridized carbons (Fsp3) is 0.158. The zero-order chi connectivity index (χ0) is 20.3. The van der Waals surface area contributed by atoms with Crippen molar-refractivity contribution in [3.05, 3.63) is 47.7 Å². The maximum atomic E-state index is 11.4. The summed E-state index contributed by atoms with van der Waals surface area (Å²) in [6.45, 7) is 0. The number of carbonyl (C=O) groups excluding carboxylic acids is 3. The Labute approximate surface area is 159 Å². The summed E-state index contributed by atoms with van der Waals surface area (Å²) in [7, 11) is 4.38. The van der Waals surface area contributed by atoms with Crippen molar-refractivity contribution in [1.82, 2.24) is 10.2 Å². The molecule has 1 amide bonds. The van der Waals surface area contributed by atoms with Crippen LogP contribution in [-0.4, -0.2) is 49.2 Å². The van der Waals surface area contributed by atoms with E-state index in [1.807, 2.05) is 0 Å². The molecule has 9 heteroatoms. The Kier molecular flexibility index (Phi) is 5.25. The quantitative estimate of drug-likeness (QED) is 0.525. The fourth-order valence-corrected chi connectivity index (χ4v) is 2.75. The van der Waals surface area contributed by atoms with Crippen molar-refractivity contribution in [2.45, 2.75) is 0 Å². The highest BCUT2D eigenvalue weighted by atomic mass is 16.5. The molecule has 0 unspecified atom stereocenters. The van der Waals surface area contributed by atoms with Crippen LogP contribution in [0.25, 0.3) is 10.9 Å². The molecule has 9 nitrogen and oxygen atoms in total. The van der Waals surface area contributed by atoms with Crippen LogP contribution in [0.2, 0.25) is 0 Å². The summed E-state index contributed by atoms with van der Waals surface area (Å²) in [5, 5.41) is 9.79. The van der Waals surface area contributed by atoms with E-state index in [0.29, 0.717) is 39.3 Å². The SMILES string of the molecule is COC(=O)c1[nH]nc2c(OC)cccc12.COc1cccc2c1NC(=O)C2=O. The van der Waals surface area contributed by atoms with Gasteiger partial charge in [0.2, 0.25) is 0 Å². The molecule has 1 aliphatic rings. The molecule has 0 bridgehead atoms. The average Bonchev–Trinajstić information content (AvgIpc) is 3.29. The number of H-pyrrole nitrogens is 1. The van der Waals surface area contributed by atoms with E-state index < -0.39 is 17.7 Å². The molecule has 2 aromatic carbocycles. The van der Waals surface area contributed by atoms with Crippen LogP contribution < -0.4 is 14.8 Å². The first-order valence-corrected chi connectivity index (χ1v) is 8.13. The van der Waals surface area contributed by atoms with E-state index in [1.54, 1.807) is 43.5 Å². The molecule has 0 spiro atoms. The van der Waals surface area contributed by atoms with Crippen molar-refractivity contribution >= 4 is 34.3 Å². The highest BCUT2D eigenvalue weighted by molar-refractivity contribution is 6.52. The predicted molar refractivity (Wildman–Crippen MR) is 99.9 cm³/mol. The maximum Gasteiger partial charge on any atom is 0.356 e. The van der Waals surface area contributed by atoms with Crippen LogP contribution in [0, 0.1) is 0 Å². The maximum absolute atomic E-state index is 11.4. The molecule has 1 aromatic heterocycles. The Morgan fingerprint density at radius 2 is 1.64 bits per heavy atom. The number of hydrogen-bond acceptors (Lipinski definition) is 7. The van der Waals surface area contributed by atoms with Crippen LogP contribution in [0.15, 0.2) is 36.4 Å². The van der Waals surface area contributed by atoms with Gasteiger partial charge in [0.05, 0.1) is 32.6 Å². The third-order valence-electron chi connectivity index (χ3n) is 4.09. The Morgan fingerprint density at radius 1 is 0.964 bits per heavy atom. The molecular formula is C19H17N3O6. The highest BCUT2D eigenvalue weighted by Crippen LogP contribution is 2.32. The molecule has 0 atom stereocenters. The van der Waals surface area contributed by atoms with Gasteiger partial charge in [-0.25, -0.2) is 4.79 Å². The minimum absolute atomic E-state index is 0.339. The average molecular weight is 383 g/mol. The normalized spacial score (nSPS) is 12.0. The van der Waals surface area contributed by atoms with E-state index in [-0.39, 0.29) is 0 Å². The van der Waals surface area contributed by atoms with Crippen molar-refractivity contribution in [2.24, 2.45) is 0 Å². The zero-order valence-corrected chi connectivity index (χ0v) is 15.4. The van der Waals surface area contributed by atoms with E-state index in [0.717, 1.165) is 0 Å². The number of aromatic amines is 1. The Balaban J connectivity index is 0.000000162. The number of rotatable bonds is 3. The molecular weight excluding hydrogens is 366 g/mol. The Morgan fingerprint density at radius 3 is 2.32 bits per heavy atom. The first-order chi connectivity index (χ1) is 13.5. The third-order valence-corrected chi connectivity index (χ3v) is 4.09. The van der Waals surface area contributed by atoms with Gasteiger partial charge in [-0.3, -0.25) is 14.7 Å². The number of Topliss-reactive ketones (excluding diaryl/α,β-unsaturated/α-hetero) is 1. The molecule has 4 rings (SSSR count). The predicted octanol–water partition coefficient (Wildman–Crippen LogP) is 2.19. The monoisotopic (exact) mass is 383 g/mol. The third kappa shape index (κ3) is 3.25. The van der Waals surface area contributed by atoms with E-state index >= 15 is 0 Å². The van der Waals surface area contributed by atoms with Crippen molar-refractivity contribution in [2.75, 3.05) is 26.6 Å². The summed E-state index contributed by atoms with van der Waals surface area (Å²) in [5.74, 6) is -0.408. The number of anilines is 1. The van der Waals surface area contributed by atoms with Gasteiger partial charge in [-0.1, -0.05) is 18.2 Å². The van der Waals surface area contributed by atoms with E-state index in [2.05, 4.69) is 20.3 Å². The molecule has 3 aromatic rings. The van der Waals surface area contributed by atoms with Gasteiger partial charge < -0.3 is 19.5 Å². The number of methoxy groups -OCH3 is 3. The standard InChI is InChI=1S/C10H10N2O3.C9H7NO3/c1-14-7-5-3-4-6-8(7)11-12-9(6)10(13)15-2;1-13-6-4-2-3-5-7(6)10-9(12)8(5)11/h3-5H,1-2H3,(H,11,12);2-4H,1H3,(H,10,11,12). The number of amides is 1. The number of aromatic nitrogens is 2. The molecule has 0 saturated heterocycles. The lowest BCUT2D eigenvalue weighted by Crippen LogP contribution is -2.12. The number of fused-ring (bicyclic) bond motifs is 2. The first kappa shape index (κ1) is 18.9. The molecule has 0 radical (unpaired) electrons. The first-order valence-electron chi connectivity index (χ1n) is 8.13. The number of ether oxygens (including phenoxy) is 3. The van der Waals surface area contributed by atoms with Crippen LogP contribution >= 0.6 is 0 Å². The summed E-state index contributed by atoms with van der Waals surface area (Å²) in [6.07, 6.45) is 0. The smallest absolute Gasteiger partial charge is 0.356 e. The van der Waals surface area contributed by atoms with Gasteiger partial charge in [0.15, 0.2) is 5.69 Å². The number of para-hydroxylation sites is 2. The Hall–Kier alpha value is -3.88. The van der Waals surface area contributed by atoms with Gasteiger partial charge in [0.25, 0.3) is 11.7 Å². The number of esters is 1. The van der Waals surface area contributed by atoms with Crippen LogP contribution in [0.3, 0.4) is 0 Å². The second-order valence-corrected chi connectivity index (χ2v) is 5.61. The van der Waals surface area contributed by atoms with Crippen molar-refractivity contribution < 1.29 is 28.6 Å². The number of nitrogens with zero attached hydrogens (tertiary/aromatic N) is 1. The van der Waals surface area contributed by atoms with Crippen molar-refractivity contribution in [1.29, 1.82) is 0 Å². The fourth-order valence-electron chi connectivity index (χ4n) is 2.75. The lowest BCUT2D eigenvalue weighted by molar-refractivity contribution is -0.112. The van der Waals surface area contributed by atoms with Gasteiger partial charge in [0.1, 0.15) is 17.0 Å². The largest absolute Gasteiger partial charge is 0.495 e. The van der Waals surface area contributed by atoms with Gasteiger partial charge in [-0.15, -0.1) is 0 Å². The molecule has 0 aliphatic carbocycles. The zero-order valence-electron chi connectivity index (χ0n) is 15.4. The topological polar surface area (TPSA) is 120 Å². The Bertz CT molecular complexity index is 1070. The van der Waals surface area contributed by atoms with Crippen LogP contribution in [0.5, 0.6) is 11.5 Å². The van der Waals surface area contributed by atoms with E-state index in [1.165, 1.54) is 14.2 Å². The second-order valence-electron chi connectivity index (χ2n) is 5.61. The van der Waals surface area contributed by atoms with E-state index in [9.17, 15) is 14.4 Å². The van der Waals surface area contributed by atoms with E-state index in [4.69, 9.17) is 9.47 Å². The summed E-state index contributed by atoms with van der Waals surface area (Å²) in [5.41, 5.74) is 1.82. The highest BCUT2D eigenvalue weighted by Gasteiger charge is 2.29. The van der Waals surface area contributed by atoms with Crippen LogP contribution in [0.1, 0.15) is 20.8 Å². The number of nitrogens with one attached hydrogen (secondary N) is 2. The summed E-state index contributed by atoms with van der Waals surface area (Å²) in [4.78, 5) is 33.5. The second kappa shape index (κ2) is 7.78. The van der Waals surface area contributed by atoms with Crippen molar-refractivity contribution in [3.63, 3.8) is 0 Å². The lowest BCUT2D eigenvalue weighted by atomic mass is 10.1. The molecule has 2 N–H and O–H groups in total. The number of carbonyl (C=O) groups is 3. The molecule has 0 saturated carbocycles. The number of ketones is 1. The lowest BCUT2D eigenvalue weighted by Gasteiger charge is -2.03. The van der Waals surface area contributed by atoms with Crippen molar-refractivity contribution in [3.8, 4) is 11.5 Å². The molecule has 2 heterocycles. The number of benzene rings is 2. The van der Waals surface area contributed by atoms with Gasteiger partial charge in [-0.05, 0) is 18.2 Å². The van der Waals surface area contributed by atoms with Crippen LogP contribution in [-0.2, 0) is 9.53 Å². The van der Waals surface area contributed by atoms with Crippen LogP contribution in [0.4, 0.5) is 5.69 Å². The van der Waals surface area contributed by atoms with Gasteiger partial charge in [-0.2, -0.15) is 5.10 Å². The van der Waals surface area contributed by atoms with Gasteiger partial charge >= 0.3 is 5.97 Å². The summed E-state index contributed by atoms with van der Waals surface area (Å²) >= 11 is 0. The summed E-state index contributed by atoms with van der Waals surface area (Å²) < 4.78 is 14.7. The molecule has 0 fully saturated rings. The minimum atomic E-state index is -0.598. The number of hydrogen-bond donors (Lipinski definition) is 2. The van der Waals surface area contributed by atoms with Gasteiger partial charge in [0, 0.05) is 5.39 Å². The molecule has 28 heavy (non-hydrogen) atoms. The minimum Gasteiger partial charge on any atom is -0.495 e.